The summed E-state index contributed by atoms with van der Waals surface area (Å²) in [6.07, 6.45) is 2.68. The highest BCUT2D eigenvalue weighted by atomic mass is 35.5. The fourth-order valence-corrected chi connectivity index (χ4v) is 1.88. The van der Waals surface area contributed by atoms with Crippen molar-refractivity contribution < 1.29 is 0 Å². The highest BCUT2D eigenvalue weighted by Crippen LogP contribution is 2.19. The minimum Gasteiger partial charge on any atom is -0.242 e. The molecule has 0 aliphatic rings. The van der Waals surface area contributed by atoms with Gasteiger partial charge >= 0.3 is 0 Å². The van der Waals surface area contributed by atoms with Crippen LogP contribution in [0.3, 0.4) is 0 Å². The monoisotopic (exact) mass is 208 g/mol. The molecule has 1 nitrogen and oxygen atoms in total. The van der Waals surface area contributed by atoms with E-state index >= 15 is 0 Å². The summed E-state index contributed by atoms with van der Waals surface area (Å²) in [7, 11) is 0. The van der Waals surface area contributed by atoms with Gasteiger partial charge in [-0.2, -0.15) is 0 Å². The second-order valence-electron chi connectivity index (χ2n) is 2.69. The van der Waals surface area contributed by atoms with Crippen molar-refractivity contribution in [3.63, 3.8) is 0 Å². The molecule has 1 radical (unpaired) electrons. The highest BCUT2D eigenvalue weighted by Gasteiger charge is 2.01. The van der Waals surface area contributed by atoms with Gasteiger partial charge in [-0.3, -0.25) is 0 Å². The predicted molar refractivity (Wildman–Crippen MR) is 55.2 cm³/mol. The summed E-state index contributed by atoms with van der Waals surface area (Å²) in [5, 5.41) is 0.816. The number of hydrogen-bond donors (Lipinski definition) is 0. The van der Waals surface area contributed by atoms with E-state index < -0.39 is 0 Å². The van der Waals surface area contributed by atoms with Crippen LogP contribution in [-0.4, -0.2) is 4.98 Å². The van der Waals surface area contributed by atoms with E-state index in [1.807, 2.05) is 30.5 Å². The number of aromatic nitrogens is 1. The lowest BCUT2D eigenvalue weighted by atomic mass is 10.1. The summed E-state index contributed by atoms with van der Waals surface area (Å²) in [5.74, 6) is 0. The van der Waals surface area contributed by atoms with Crippen LogP contribution in [0.5, 0.6) is 0 Å². The van der Waals surface area contributed by atoms with E-state index in [4.69, 9.17) is 11.6 Å². The van der Waals surface area contributed by atoms with E-state index in [2.05, 4.69) is 10.5 Å². The van der Waals surface area contributed by atoms with Crippen LogP contribution in [0.25, 0.3) is 0 Å². The second-order valence-corrected chi connectivity index (χ2v) is 4.00. The molecule has 0 saturated carbocycles. The van der Waals surface area contributed by atoms with Crippen LogP contribution in [0.2, 0.25) is 5.02 Å². The Bertz CT molecular complexity index is 384. The van der Waals surface area contributed by atoms with Gasteiger partial charge < -0.3 is 0 Å². The Morgan fingerprint density at radius 3 is 2.92 bits per heavy atom. The summed E-state index contributed by atoms with van der Waals surface area (Å²) < 4.78 is 0. The van der Waals surface area contributed by atoms with E-state index in [1.165, 1.54) is 16.2 Å². The second kappa shape index (κ2) is 3.90. The number of thiazole rings is 1. The Kier molecular flexibility index (Phi) is 2.62. The first-order valence-corrected chi connectivity index (χ1v) is 5.10. The zero-order valence-corrected chi connectivity index (χ0v) is 8.40. The van der Waals surface area contributed by atoms with Gasteiger partial charge in [-0.1, -0.05) is 29.8 Å². The molecule has 0 N–H and O–H groups in total. The van der Waals surface area contributed by atoms with Crippen molar-refractivity contribution in [2.45, 2.75) is 6.42 Å². The fourth-order valence-electron chi connectivity index (χ4n) is 1.12. The number of rotatable bonds is 2. The van der Waals surface area contributed by atoms with Gasteiger partial charge in [-0.05, 0) is 11.6 Å². The lowest BCUT2D eigenvalue weighted by Crippen LogP contribution is -1.84. The summed E-state index contributed by atoms with van der Waals surface area (Å²) in [5.41, 5.74) is 3.96. The smallest absolute Gasteiger partial charge is 0.152 e. The van der Waals surface area contributed by atoms with Crippen LogP contribution in [0, 0.1) is 5.51 Å². The standard InChI is InChI=1S/C10H7ClNS/c11-10-4-2-1-3-8(10)5-9-6-12-7-13-9/h1-4,6H,5H2. The highest BCUT2D eigenvalue weighted by molar-refractivity contribution is 7.09. The third-order valence-corrected chi connectivity index (χ3v) is 2.84. The van der Waals surface area contributed by atoms with E-state index in [9.17, 15) is 0 Å². The molecule has 0 aliphatic carbocycles. The SMILES string of the molecule is Clc1ccccc1Cc1cn[c]s1. The first kappa shape index (κ1) is 8.73. The molecule has 0 amide bonds. The lowest BCUT2D eigenvalue weighted by Gasteiger charge is -2.00. The summed E-state index contributed by atoms with van der Waals surface area (Å²) in [4.78, 5) is 5.09. The van der Waals surface area contributed by atoms with E-state index in [1.54, 1.807) is 0 Å². The van der Waals surface area contributed by atoms with Gasteiger partial charge in [0.05, 0.1) is 0 Å². The van der Waals surface area contributed by atoms with Crippen molar-refractivity contribution in [2.75, 3.05) is 0 Å². The van der Waals surface area contributed by atoms with Gasteiger partial charge in [0, 0.05) is 22.5 Å². The summed E-state index contributed by atoms with van der Waals surface area (Å²) in [6, 6.07) is 7.86. The third-order valence-electron chi connectivity index (χ3n) is 1.76. The van der Waals surface area contributed by atoms with E-state index in [-0.39, 0.29) is 0 Å². The average molecular weight is 209 g/mol. The Labute approximate surface area is 86.0 Å². The molecule has 0 unspecified atom stereocenters. The molecule has 0 atom stereocenters. The van der Waals surface area contributed by atoms with Crippen LogP contribution in [0.4, 0.5) is 0 Å². The molecule has 0 aliphatic heterocycles. The molecule has 1 heterocycles. The van der Waals surface area contributed by atoms with Crippen molar-refractivity contribution in [3.05, 3.63) is 51.4 Å². The Morgan fingerprint density at radius 2 is 2.23 bits per heavy atom. The lowest BCUT2D eigenvalue weighted by molar-refractivity contribution is 1.22. The fraction of sp³-hybridized carbons (Fsp3) is 0.100. The van der Waals surface area contributed by atoms with Crippen LogP contribution in [-0.2, 0) is 6.42 Å². The molecule has 1 aromatic heterocycles. The maximum Gasteiger partial charge on any atom is 0.152 e. The van der Waals surface area contributed by atoms with Gasteiger partial charge in [0.1, 0.15) is 0 Å². The minimum atomic E-state index is 0.816. The van der Waals surface area contributed by atoms with Crippen molar-refractivity contribution in [2.24, 2.45) is 0 Å². The Hall–Kier alpha value is -0.860. The molecule has 0 saturated heterocycles. The minimum absolute atomic E-state index is 0.816. The third kappa shape index (κ3) is 2.08. The van der Waals surface area contributed by atoms with Crippen LogP contribution < -0.4 is 0 Å². The molecular weight excluding hydrogens is 202 g/mol. The van der Waals surface area contributed by atoms with E-state index in [0.717, 1.165) is 17.0 Å². The Balaban J connectivity index is 2.24. The van der Waals surface area contributed by atoms with Gasteiger partial charge in [0.25, 0.3) is 0 Å². The summed E-state index contributed by atoms with van der Waals surface area (Å²) >= 11 is 7.55. The molecule has 0 bridgehead atoms. The zero-order valence-electron chi connectivity index (χ0n) is 6.83. The van der Waals surface area contributed by atoms with Crippen LogP contribution in [0.1, 0.15) is 10.4 Å². The van der Waals surface area contributed by atoms with Crippen molar-refractivity contribution in [3.8, 4) is 0 Å². The molecule has 0 spiro atoms. The molecule has 65 valence electrons. The Morgan fingerprint density at radius 1 is 1.38 bits per heavy atom. The van der Waals surface area contributed by atoms with Gasteiger partial charge in [-0.15, -0.1) is 11.3 Å². The van der Waals surface area contributed by atoms with Crippen LogP contribution in [0.15, 0.2) is 30.5 Å². The predicted octanol–water partition coefficient (Wildman–Crippen LogP) is 3.19. The molecule has 3 heteroatoms. The largest absolute Gasteiger partial charge is 0.242 e. The normalized spacial score (nSPS) is 10.2. The summed E-state index contributed by atoms with van der Waals surface area (Å²) in [6.45, 7) is 0. The first-order valence-electron chi connectivity index (χ1n) is 3.90. The maximum absolute atomic E-state index is 6.02. The van der Waals surface area contributed by atoms with Crippen molar-refractivity contribution >= 4 is 22.9 Å². The molecule has 2 aromatic rings. The molecule has 0 fully saturated rings. The van der Waals surface area contributed by atoms with Crippen molar-refractivity contribution in [1.82, 2.24) is 4.98 Å². The first-order chi connectivity index (χ1) is 6.36. The maximum atomic E-state index is 6.02. The number of benzene rings is 1. The molecule has 1 aromatic carbocycles. The zero-order chi connectivity index (χ0) is 9.10. The van der Waals surface area contributed by atoms with Crippen LogP contribution >= 0.6 is 22.9 Å². The van der Waals surface area contributed by atoms with E-state index in [0.29, 0.717) is 0 Å². The number of halogens is 1. The number of nitrogens with zero attached hydrogens (tertiary/aromatic N) is 1. The topological polar surface area (TPSA) is 12.9 Å². The van der Waals surface area contributed by atoms with Gasteiger partial charge in [0.15, 0.2) is 5.51 Å². The van der Waals surface area contributed by atoms with Gasteiger partial charge in [-0.25, -0.2) is 4.98 Å². The number of hydrogen-bond acceptors (Lipinski definition) is 2. The molecule has 2 rings (SSSR count). The van der Waals surface area contributed by atoms with Gasteiger partial charge in [0.2, 0.25) is 0 Å². The molecular formula is C10H7ClNS. The molecule has 13 heavy (non-hydrogen) atoms. The van der Waals surface area contributed by atoms with Crippen molar-refractivity contribution in [1.29, 1.82) is 0 Å². The quantitative estimate of drug-likeness (QED) is 0.739. The average Bonchev–Trinajstić information content (AvgIpc) is 2.61.